The van der Waals surface area contributed by atoms with Gasteiger partial charge in [0.25, 0.3) is 0 Å². The van der Waals surface area contributed by atoms with Crippen molar-refractivity contribution in [3.8, 4) is 0 Å². The largest absolute Gasteiger partial charge is 0.385 e. The lowest BCUT2D eigenvalue weighted by molar-refractivity contribution is 0.215. The highest BCUT2D eigenvalue weighted by atomic mass is 32.2. The molecule has 0 rings (SSSR count). The van der Waals surface area contributed by atoms with Crippen molar-refractivity contribution in [1.82, 2.24) is 4.72 Å². The van der Waals surface area contributed by atoms with E-state index in [1.54, 1.807) is 20.4 Å². The van der Waals surface area contributed by atoms with Gasteiger partial charge in [-0.05, 0) is 19.8 Å². The van der Waals surface area contributed by atoms with Crippen LogP contribution in [0.4, 0.5) is 0 Å². The van der Waals surface area contributed by atoms with Crippen LogP contribution >= 0.6 is 0 Å². The van der Waals surface area contributed by atoms with E-state index in [1.165, 1.54) is 0 Å². The molecule has 1 N–H and O–H groups in total. The van der Waals surface area contributed by atoms with Crippen molar-refractivity contribution in [2.45, 2.75) is 14.4 Å². The van der Waals surface area contributed by atoms with E-state index >= 15 is 0 Å². The Morgan fingerprint density at radius 1 is 1.64 bits per heavy atom. The van der Waals surface area contributed by atoms with Crippen LogP contribution in [-0.4, -0.2) is 37.1 Å². The average Bonchev–Trinajstić information content (AvgIpc) is 1.87. The van der Waals surface area contributed by atoms with Gasteiger partial charge in [0, 0.05) is 29.7 Å². The molecule has 0 aromatic rings. The molecule has 72 valence electrons. The topological polar surface area (TPSA) is 38.3 Å². The minimum Gasteiger partial charge on any atom is -0.385 e. The molecule has 0 aromatic carbocycles. The molecule has 0 saturated heterocycles. The fourth-order valence-corrected chi connectivity index (χ4v) is 0. The molecule has 0 fully saturated rings. The minimum absolute atomic E-state index is 0. The summed E-state index contributed by atoms with van der Waals surface area (Å²) in [6.45, 7) is 2.78. The number of methoxy groups -OCH3 is 1. The summed E-state index contributed by atoms with van der Waals surface area (Å²) >= 11 is 0. The summed E-state index contributed by atoms with van der Waals surface area (Å²) in [6, 6.07) is 0. The second-order valence-electron chi connectivity index (χ2n) is 1.79. The number of hydrogen-bond acceptors (Lipinski definition) is 2. The van der Waals surface area contributed by atoms with Gasteiger partial charge in [-0.25, -0.2) is 4.72 Å². The van der Waals surface area contributed by atoms with Gasteiger partial charge in [0.05, 0.1) is 0 Å². The van der Waals surface area contributed by atoms with Crippen molar-refractivity contribution in [1.29, 1.82) is 0 Å². The van der Waals surface area contributed by atoms with Crippen molar-refractivity contribution < 1.29 is 8.95 Å². The molecule has 0 heterocycles. The molecule has 11 heavy (non-hydrogen) atoms. The van der Waals surface area contributed by atoms with E-state index in [2.05, 4.69) is 15.3 Å². The molecule has 0 aromatic heterocycles. The molecule has 1 unspecified atom stereocenters. The third-order valence-electron chi connectivity index (χ3n) is 0.720. The normalized spacial score (nSPS) is 13.5. The van der Waals surface area contributed by atoms with Crippen molar-refractivity contribution in [3.63, 3.8) is 0 Å². The molecule has 0 spiro atoms. The zero-order chi connectivity index (χ0) is 8.62. The van der Waals surface area contributed by atoms with Crippen LogP contribution in [0.2, 0.25) is 0 Å². The van der Waals surface area contributed by atoms with Crippen LogP contribution in [0.3, 0.4) is 0 Å². The van der Waals surface area contributed by atoms with E-state index in [0.29, 0.717) is 0 Å². The van der Waals surface area contributed by atoms with Gasteiger partial charge in [-0.15, -0.1) is 0 Å². The van der Waals surface area contributed by atoms with Crippen molar-refractivity contribution in [2.75, 3.05) is 27.0 Å². The fourth-order valence-electron chi connectivity index (χ4n) is 0. The first-order chi connectivity index (χ1) is 4.47. The monoisotopic (exact) mass is 183 g/mol. The second kappa shape index (κ2) is 9.94. The standard InChI is InChI=1S/C3H9NOS.C3H8O.CH4/c1-4-6(2,3)5;1-3-4-2;/h2H2,1,3H3,(H,4,5);3H2,1-2H3;1H4. The quantitative estimate of drug-likeness (QED) is 0.642. The summed E-state index contributed by atoms with van der Waals surface area (Å²) < 4.78 is 17.4. The van der Waals surface area contributed by atoms with Gasteiger partial charge in [0.2, 0.25) is 0 Å². The van der Waals surface area contributed by atoms with Crippen LogP contribution in [0, 0.1) is 0 Å². The molecule has 0 bridgehead atoms. The van der Waals surface area contributed by atoms with E-state index < -0.39 is 9.71 Å². The Kier molecular flexibility index (Phi) is 15.5. The molecular weight excluding hydrogens is 162 g/mol. The number of hydrogen-bond donors (Lipinski definition) is 1. The molecule has 3 nitrogen and oxygen atoms in total. The van der Waals surface area contributed by atoms with Crippen LogP contribution in [0.25, 0.3) is 0 Å². The molecule has 0 amide bonds. The minimum atomic E-state index is -1.91. The lowest BCUT2D eigenvalue weighted by atomic mass is 10.9. The summed E-state index contributed by atoms with van der Waals surface area (Å²) in [5.74, 6) is 3.31. The van der Waals surface area contributed by atoms with Gasteiger partial charge in [0.15, 0.2) is 0 Å². The van der Waals surface area contributed by atoms with Crippen molar-refractivity contribution in [2.24, 2.45) is 0 Å². The predicted molar refractivity (Wildman–Crippen MR) is 54.5 cm³/mol. The highest BCUT2D eigenvalue weighted by Crippen LogP contribution is 1.63. The molecule has 0 radical (unpaired) electrons. The average molecular weight is 183 g/mol. The number of nitrogens with one attached hydrogen (secondary N) is 1. The third kappa shape index (κ3) is 40.4. The van der Waals surface area contributed by atoms with Crippen LogP contribution in [0.5, 0.6) is 0 Å². The first-order valence-corrected chi connectivity index (χ1v) is 5.11. The SMILES string of the molecule is C.C=S(C)(=O)NC.CCOC. The Morgan fingerprint density at radius 3 is 1.82 bits per heavy atom. The fraction of sp³-hybridized carbons (Fsp3) is 0.857. The zero-order valence-electron chi connectivity index (χ0n) is 7.14. The van der Waals surface area contributed by atoms with Crippen molar-refractivity contribution >= 4 is 15.6 Å². The van der Waals surface area contributed by atoms with Gasteiger partial charge in [-0.1, -0.05) is 7.43 Å². The summed E-state index contributed by atoms with van der Waals surface area (Å²) in [6.07, 6.45) is 1.55. The Labute approximate surface area is 71.3 Å². The Bertz CT molecular complexity index is 139. The first-order valence-electron chi connectivity index (χ1n) is 2.97. The molecule has 0 aliphatic carbocycles. The van der Waals surface area contributed by atoms with Crippen LogP contribution in [0.15, 0.2) is 0 Å². The van der Waals surface area contributed by atoms with E-state index in [1.807, 2.05) is 6.92 Å². The van der Waals surface area contributed by atoms with E-state index in [-0.39, 0.29) is 7.43 Å². The summed E-state index contributed by atoms with van der Waals surface area (Å²) in [7, 11) is 1.39. The van der Waals surface area contributed by atoms with Gasteiger partial charge in [-0.2, -0.15) is 0 Å². The van der Waals surface area contributed by atoms with Gasteiger partial charge in [0.1, 0.15) is 0 Å². The van der Waals surface area contributed by atoms with Crippen LogP contribution in [-0.2, 0) is 14.4 Å². The van der Waals surface area contributed by atoms with Crippen molar-refractivity contribution in [3.05, 3.63) is 0 Å². The summed E-state index contributed by atoms with van der Waals surface area (Å²) in [5.41, 5.74) is 0. The number of rotatable bonds is 2. The summed E-state index contributed by atoms with van der Waals surface area (Å²) in [5, 5.41) is 0. The second-order valence-corrected chi connectivity index (χ2v) is 4.20. The molecule has 0 aliphatic rings. The maximum Gasteiger partial charge on any atom is 0.0433 e. The van der Waals surface area contributed by atoms with Crippen LogP contribution < -0.4 is 4.72 Å². The highest BCUT2D eigenvalue weighted by Gasteiger charge is 1.79. The van der Waals surface area contributed by atoms with Crippen LogP contribution in [0.1, 0.15) is 14.4 Å². The first kappa shape index (κ1) is 17.1. The lowest BCUT2D eigenvalue weighted by Crippen LogP contribution is -2.14. The molecular formula is C7H21NO2S. The lowest BCUT2D eigenvalue weighted by Gasteiger charge is -1.92. The third-order valence-corrected chi connectivity index (χ3v) is 1.58. The Hall–Kier alpha value is -0.0600. The maximum atomic E-state index is 10.3. The van der Waals surface area contributed by atoms with E-state index in [0.717, 1.165) is 6.61 Å². The Morgan fingerprint density at radius 2 is 1.82 bits per heavy atom. The highest BCUT2D eigenvalue weighted by molar-refractivity contribution is 7.97. The Balaban J connectivity index is -0.000000114. The smallest absolute Gasteiger partial charge is 0.0433 e. The predicted octanol–water partition coefficient (Wildman–Crippen LogP) is 0.756. The van der Waals surface area contributed by atoms with Gasteiger partial charge in [-0.3, -0.25) is 4.21 Å². The van der Waals surface area contributed by atoms with Gasteiger partial charge < -0.3 is 4.74 Å². The molecule has 0 saturated carbocycles. The van der Waals surface area contributed by atoms with Gasteiger partial charge >= 0.3 is 0 Å². The summed E-state index contributed by atoms with van der Waals surface area (Å²) in [4.78, 5) is 0. The molecule has 0 aliphatic heterocycles. The number of ether oxygens (including phenoxy) is 1. The molecule has 4 heteroatoms. The zero-order valence-corrected chi connectivity index (χ0v) is 7.96. The van der Waals surface area contributed by atoms with E-state index in [9.17, 15) is 4.21 Å². The maximum absolute atomic E-state index is 10.3. The van der Waals surface area contributed by atoms with E-state index in [4.69, 9.17) is 0 Å². The molecule has 1 atom stereocenters.